The van der Waals surface area contributed by atoms with Gasteiger partial charge in [0.2, 0.25) is 0 Å². The third-order valence-electron chi connectivity index (χ3n) is 2.04. The molecule has 1 atom stereocenters. The van der Waals surface area contributed by atoms with Crippen molar-refractivity contribution in [1.82, 2.24) is 0 Å². The van der Waals surface area contributed by atoms with Crippen LogP contribution in [0.2, 0.25) is 0 Å². The molecule has 0 amide bonds. The summed E-state index contributed by atoms with van der Waals surface area (Å²) in [4.78, 5) is 10.3. The molecule has 14 heavy (non-hydrogen) atoms. The fourth-order valence-electron chi connectivity index (χ4n) is 1.20. The Labute approximate surface area is 81.1 Å². The van der Waals surface area contributed by atoms with Gasteiger partial charge >= 0.3 is 12.1 Å². The molecule has 0 aliphatic rings. The average Bonchev–Trinajstić information content (AvgIpc) is 2.01. The Kier molecular flexibility index (Phi) is 5.57. The number of alkyl halides is 3. The van der Waals surface area contributed by atoms with E-state index >= 15 is 0 Å². The topological polar surface area (TPSA) is 37.3 Å². The molecule has 5 heteroatoms. The van der Waals surface area contributed by atoms with E-state index in [4.69, 9.17) is 5.11 Å². The van der Waals surface area contributed by atoms with Crippen molar-refractivity contribution >= 4 is 5.97 Å². The van der Waals surface area contributed by atoms with Crippen LogP contribution in [0.25, 0.3) is 0 Å². The summed E-state index contributed by atoms with van der Waals surface area (Å²) in [7, 11) is 0. The van der Waals surface area contributed by atoms with Gasteiger partial charge in [-0.05, 0) is 6.42 Å². The first-order valence-electron chi connectivity index (χ1n) is 4.69. The highest BCUT2D eigenvalue weighted by molar-refractivity contribution is 5.70. The molecule has 0 unspecified atom stereocenters. The van der Waals surface area contributed by atoms with Crippen LogP contribution in [0.15, 0.2) is 0 Å². The van der Waals surface area contributed by atoms with Crippen LogP contribution < -0.4 is 0 Å². The minimum Gasteiger partial charge on any atom is -0.481 e. The second-order valence-electron chi connectivity index (χ2n) is 3.28. The van der Waals surface area contributed by atoms with Crippen LogP contribution in [0.5, 0.6) is 0 Å². The fourth-order valence-corrected chi connectivity index (χ4v) is 1.20. The van der Waals surface area contributed by atoms with Gasteiger partial charge in [-0.15, -0.1) is 0 Å². The lowest BCUT2D eigenvalue weighted by Crippen LogP contribution is -2.30. The number of halogens is 3. The van der Waals surface area contributed by atoms with E-state index in [0.29, 0.717) is 12.8 Å². The summed E-state index contributed by atoms with van der Waals surface area (Å²) >= 11 is 0. The van der Waals surface area contributed by atoms with Crippen molar-refractivity contribution in [1.29, 1.82) is 0 Å². The number of rotatable bonds is 6. The van der Waals surface area contributed by atoms with Gasteiger partial charge in [-0.25, -0.2) is 0 Å². The standard InChI is InChI=1S/C9H15F3O2/c1-2-3-4-5-6-7(8(13)14)9(10,11)12/h7H,2-6H2,1H3,(H,13,14)/t7-/m0/s1. The Balaban J connectivity index is 3.94. The van der Waals surface area contributed by atoms with Crippen molar-refractivity contribution in [3.8, 4) is 0 Å². The first kappa shape index (κ1) is 13.3. The molecule has 0 aromatic rings. The van der Waals surface area contributed by atoms with Gasteiger partial charge in [-0.2, -0.15) is 13.2 Å². The number of carboxylic acid groups (broad SMARTS) is 1. The predicted molar refractivity (Wildman–Crippen MR) is 45.9 cm³/mol. The van der Waals surface area contributed by atoms with Crippen LogP contribution in [0, 0.1) is 5.92 Å². The largest absolute Gasteiger partial charge is 0.481 e. The van der Waals surface area contributed by atoms with E-state index < -0.39 is 18.1 Å². The molecule has 0 saturated heterocycles. The first-order chi connectivity index (χ1) is 6.39. The van der Waals surface area contributed by atoms with Gasteiger partial charge in [0.1, 0.15) is 0 Å². The van der Waals surface area contributed by atoms with Crippen LogP contribution in [0.3, 0.4) is 0 Å². The van der Waals surface area contributed by atoms with Crippen LogP contribution >= 0.6 is 0 Å². The summed E-state index contributed by atoms with van der Waals surface area (Å²) in [5.74, 6) is -3.96. The van der Waals surface area contributed by atoms with Crippen molar-refractivity contribution in [3.63, 3.8) is 0 Å². The Morgan fingerprint density at radius 2 is 1.86 bits per heavy atom. The Bertz CT molecular complexity index is 177. The van der Waals surface area contributed by atoms with Crippen molar-refractivity contribution in [2.24, 2.45) is 5.92 Å². The van der Waals surface area contributed by atoms with E-state index in [1.165, 1.54) is 0 Å². The van der Waals surface area contributed by atoms with E-state index in [-0.39, 0.29) is 6.42 Å². The molecule has 1 N–H and O–H groups in total. The molecule has 84 valence electrons. The van der Waals surface area contributed by atoms with Crippen molar-refractivity contribution in [3.05, 3.63) is 0 Å². The highest BCUT2D eigenvalue weighted by atomic mass is 19.4. The molecule has 0 rings (SSSR count). The molecule has 0 aromatic heterocycles. The molecule has 0 saturated carbocycles. The molecule has 2 nitrogen and oxygen atoms in total. The van der Waals surface area contributed by atoms with Crippen LogP contribution in [0.1, 0.15) is 39.0 Å². The van der Waals surface area contributed by atoms with E-state index in [9.17, 15) is 18.0 Å². The highest BCUT2D eigenvalue weighted by Crippen LogP contribution is 2.30. The molecular weight excluding hydrogens is 197 g/mol. The normalized spacial score (nSPS) is 14.0. The summed E-state index contributed by atoms with van der Waals surface area (Å²) in [5.41, 5.74) is 0. The Hall–Kier alpha value is -0.740. The summed E-state index contributed by atoms with van der Waals surface area (Å²) in [6.07, 6.45) is -2.16. The number of hydrogen-bond acceptors (Lipinski definition) is 1. The summed E-state index contributed by atoms with van der Waals surface area (Å²) in [6, 6.07) is 0. The zero-order chi connectivity index (χ0) is 11.2. The highest BCUT2D eigenvalue weighted by Gasteiger charge is 2.44. The van der Waals surface area contributed by atoms with Crippen LogP contribution in [-0.2, 0) is 4.79 Å². The van der Waals surface area contributed by atoms with Gasteiger partial charge in [0.15, 0.2) is 5.92 Å². The maximum absolute atomic E-state index is 12.1. The zero-order valence-electron chi connectivity index (χ0n) is 8.10. The minimum atomic E-state index is -4.61. The van der Waals surface area contributed by atoms with Gasteiger partial charge in [-0.3, -0.25) is 4.79 Å². The van der Waals surface area contributed by atoms with Crippen LogP contribution in [-0.4, -0.2) is 17.3 Å². The fraction of sp³-hybridized carbons (Fsp3) is 0.889. The predicted octanol–water partition coefficient (Wildman–Crippen LogP) is 3.22. The number of aliphatic carboxylic acids is 1. The minimum absolute atomic E-state index is 0.307. The lowest BCUT2D eigenvalue weighted by molar-refractivity contribution is -0.194. The smallest absolute Gasteiger partial charge is 0.402 e. The number of hydrogen-bond donors (Lipinski definition) is 1. The number of carboxylic acids is 1. The molecule has 0 bridgehead atoms. The molecule has 0 heterocycles. The number of carbonyl (C=O) groups is 1. The quantitative estimate of drug-likeness (QED) is 0.686. The third kappa shape index (κ3) is 5.09. The van der Waals surface area contributed by atoms with Crippen molar-refractivity contribution in [2.45, 2.75) is 45.2 Å². The monoisotopic (exact) mass is 212 g/mol. The Morgan fingerprint density at radius 1 is 1.29 bits per heavy atom. The first-order valence-corrected chi connectivity index (χ1v) is 4.69. The zero-order valence-corrected chi connectivity index (χ0v) is 8.10. The lowest BCUT2D eigenvalue weighted by atomic mass is 10.0. The van der Waals surface area contributed by atoms with Gasteiger partial charge in [-0.1, -0.05) is 32.6 Å². The second-order valence-corrected chi connectivity index (χ2v) is 3.28. The lowest BCUT2D eigenvalue weighted by Gasteiger charge is -2.15. The van der Waals surface area contributed by atoms with Crippen molar-refractivity contribution < 1.29 is 23.1 Å². The molecule has 0 spiro atoms. The van der Waals surface area contributed by atoms with E-state index in [1.807, 2.05) is 6.92 Å². The van der Waals surface area contributed by atoms with Crippen LogP contribution in [0.4, 0.5) is 13.2 Å². The molecule has 0 aliphatic heterocycles. The maximum Gasteiger partial charge on any atom is 0.402 e. The molecule has 0 radical (unpaired) electrons. The molecular formula is C9H15F3O2. The summed E-state index contributed by atoms with van der Waals surface area (Å²) < 4.78 is 36.3. The second kappa shape index (κ2) is 5.88. The van der Waals surface area contributed by atoms with Gasteiger partial charge in [0, 0.05) is 0 Å². The molecule has 0 aromatic carbocycles. The van der Waals surface area contributed by atoms with Crippen molar-refractivity contribution in [2.75, 3.05) is 0 Å². The SMILES string of the molecule is CCCCCC[C@@H](C(=O)O)C(F)(F)F. The maximum atomic E-state index is 12.1. The average molecular weight is 212 g/mol. The summed E-state index contributed by atoms with van der Waals surface area (Å²) in [5, 5.41) is 8.35. The summed E-state index contributed by atoms with van der Waals surface area (Å²) in [6.45, 7) is 1.94. The third-order valence-corrected chi connectivity index (χ3v) is 2.04. The Morgan fingerprint density at radius 3 is 2.21 bits per heavy atom. The molecule has 0 fully saturated rings. The van der Waals surface area contributed by atoms with Gasteiger partial charge in [0.05, 0.1) is 0 Å². The van der Waals surface area contributed by atoms with E-state index in [2.05, 4.69) is 0 Å². The van der Waals surface area contributed by atoms with Gasteiger partial charge < -0.3 is 5.11 Å². The van der Waals surface area contributed by atoms with E-state index in [1.54, 1.807) is 0 Å². The van der Waals surface area contributed by atoms with Gasteiger partial charge in [0.25, 0.3) is 0 Å². The number of unbranched alkanes of at least 4 members (excludes halogenated alkanes) is 3. The molecule has 0 aliphatic carbocycles. The van der Waals surface area contributed by atoms with E-state index in [0.717, 1.165) is 12.8 Å².